The van der Waals surface area contributed by atoms with Gasteiger partial charge >= 0.3 is 0 Å². The Bertz CT molecular complexity index is 688. The lowest BCUT2D eigenvalue weighted by atomic mass is 10.1. The number of nitrogens with one attached hydrogen (secondary N) is 1. The van der Waals surface area contributed by atoms with Crippen LogP contribution in [0.2, 0.25) is 0 Å². The number of anilines is 1. The Hall–Kier alpha value is -3.00. The number of rotatable bonds is 6. The third-order valence-electron chi connectivity index (χ3n) is 3.25. The van der Waals surface area contributed by atoms with Crippen molar-refractivity contribution in [1.29, 1.82) is 5.26 Å². The van der Waals surface area contributed by atoms with Gasteiger partial charge in [-0.05, 0) is 48.9 Å². The van der Waals surface area contributed by atoms with Crippen LogP contribution in [-0.4, -0.2) is 19.1 Å². The van der Waals surface area contributed by atoms with Crippen molar-refractivity contribution < 1.29 is 14.3 Å². The summed E-state index contributed by atoms with van der Waals surface area (Å²) in [6, 6.07) is 16.3. The van der Waals surface area contributed by atoms with Gasteiger partial charge in [0, 0.05) is 5.69 Å². The molecule has 5 heteroatoms. The summed E-state index contributed by atoms with van der Waals surface area (Å²) < 4.78 is 10.7. The molecule has 0 saturated carbocycles. The van der Waals surface area contributed by atoms with E-state index in [1.54, 1.807) is 50.4 Å². The van der Waals surface area contributed by atoms with Crippen LogP contribution in [0, 0.1) is 11.3 Å². The predicted molar refractivity (Wildman–Crippen MR) is 87.5 cm³/mol. The summed E-state index contributed by atoms with van der Waals surface area (Å²) in [6.07, 6.45) is -0.284. The average molecular weight is 310 g/mol. The Morgan fingerprint density at radius 3 is 2.30 bits per heavy atom. The molecule has 5 nitrogen and oxygen atoms in total. The molecule has 0 aliphatic rings. The first-order chi connectivity index (χ1) is 11.1. The topological polar surface area (TPSA) is 71.3 Å². The van der Waals surface area contributed by atoms with Crippen molar-refractivity contribution in [3.05, 3.63) is 54.1 Å². The van der Waals surface area contributed by atoms with Gasteiger partial charge < -0.3 is 14.8 Å². The van der Waals surface area contributed by atoms with Crippen LogP contribution >= 0.6 is 0 Å². The largest absolute Gasteiger partial charge is 0.497 e. The first kappa shape index (κ1) is 16.4. The molecule has 1 atom stereocenters. The smallest absolute Gasteiger partial charge is 0.265 e. The number of nitrogens with zero attached hydrogens (tertiary/aromatic N) is 1. The zero-order chi connectivity index (χ0) is 16.7. The van der Waals surface area contributed by atoms with E-state index < -0.39 is 6.10 Å². The highest BCUT2D eigenvalue weighted by Gasteiger charge is 2.14. The number of nitriles is 1. The van der Waals surface area contributed by atoms with Crippen LogP contribution in [-0.2, 0) is 11.2 Å². The van der Waals surface area contributed by atoms with E-state index in [0.29, 0.717) is 17.9 Å². The van der Waals surface area contributed by atoms with Crippen molar-refractivity contribution in [2.24, 2.45) is 0 Å². The quantitative estimate of drug-likeness (QED) is 0.889. The molecule has 0 aromatic heterocycles. The zero-order valence-electron chi connectivity index (χ0n) is 13.1. The number of hydrogen-bond donors (Lipinski definition) is 1. The van der Waals surface area contributed by atoms with Crippen molar-refractivity contribution in [3.8, 4) is 17.6 Å². The molecule has 0 radical (unpaired) electrons. The molecule has 0 aliphatic heterocycles. The molecule has 2 aromatic rings. The minimum absolute atomic E-state index is 0.242. The lowest BCUT2D eigenvalue weighted by molar-refractivity contribution is -0.122. The molecule has 0 aliphatic carbocycles. The summed E-state index contributed by atoms with van der Waals surface area (Å²) in [7, 11) is 1.59. The highest BCUT2D eigenvalue weighted by atomic mass is 16.5. The predicted octanol–water partition coefficient (Wildman–Crippen LogP) is 3.17. The maximum Gasteiger partial charge on any atom is 0.265 e. The molecule has 0 saturated heterocycles. The molecule has 23 heavy (non-hydrogen) atoms. The fraction of sp³-hybridized carbons (Fsp3) is 0.222. The number of carbonyl (C=O) groups excluding carboxylic acids is 1. The van der Waals surface area contributed by atoms with Crippen molar-refractivity contribution in [1.82, 2.24) is 0 Å². The molecule has 0 unspecified atom stereocenters. The third kappa shape index (κ3) is 4.75. The van der Waals surface area contributed by atoms with Crippen LogP contribution in [0.15, 0.2) is 48.5 Å². The van der Waals surface area contributed by atoms with E-state index in [-0.39, 0.29) is 5.91 Å². The summed E-state index contributed by atoms with van der Waals surface area (Å²) in [5.41, 5.74) is 1.58. The van der Waals surface area contributed by atoms with Crippen LogP contribution in [0.5, 0.6) is 11.5 Å². The molecule has 2 aromatic carbocycles. The number of carbonyl (C=O) groups is 1. The summed E-state index contributed by atoms with van der Waals surface area (Å²) in [5.74, 6) is 1.08. The van der Waals surface area contributed by atoms with Gasteiger partial charge in [0.05, 0.1) is 19.6 Å². The van der Waals surface area contributed by atoms with Gasteiger partial charge in [0.2, 0.25) is 0 Å². The van der Waals surface area contributed by atoms with Gasteiger partial charge in [0.1, 0.15) is 11.5 Å². The minimum atomic E-state index is -0.637. The van der Waals surface area contributed by atoms with Gasteiger partial charge in [0.15, 0.2) is 6.10 Å². The van der Waals surface area contributed by atoms with E-state index in [1.165, 1.54) is 0 Å². The standard InChI is InChI=1S/C18H18N2O3/c1-13(23-17-9-7-16(22-2)8-10-17)18(21)20-15-5-3-14(4-6-15)11-12-19/h3-10,13H,11H2,1-2H3,(H,20,21)/t13-/m0/s1. The number of ether oxygens (including phenoxy) is 2. The van der Waals surface area contributed by atoms with Crippen LogP contribution in [0.4, 0.5) is 5.69 Å². The Balaban J connectivity index is 1.92. The second-order valence-corrected chi connectivity index (χ2v) is 4.96. The second-order valence-electron chi connectivity index (χ2n) is 4.96. The van der Waals surface area contributed by atoms with Gasteiger partial charge in [-0.15, -0.1) is 0 Å². The molecule has 118 valence electrons. The third-order valence-corrected chi connectivity index (χ3v) is 3.25. The molecule has 2 rings (SSSR count). The van der Waals surface area contributed by atoms with Crippen LogP contribution in [0.1, 0.15) is 12.5 Å². The van der Waals surface area contributed by atoms with Crippen molar-refractivity contribution >= 4 is 11.6 Å². The van der Waals surface area contributed by atoms with E-state index >= 15 is 0 Å². The van der Waals surface area contributed by atoms with Crippen LogP contribution in [0.25, 0.3) is 0 Å². The summed E-state index contributed by atoms with van der Waals surface area (Å²) in [6.45, 7) is 1.68. The van der Waals surface area contributed by atoms with Gasteiger partial charge in [-0.1, -0.05) is 12.1 Å². The van der Waals surface area contributed by atoms with Gasteiger partial charge in [-0.3, -0.25) is 4.79 Å². The Kier molecular flexibility index (Phi) is 5.59. The van der Waals surface area contributed by atoms with E-state index in [9.17, 15) is 4.79 Å². The fourth-order valence-electron chi connectivity index (χ4n) is 1.95. The SMILES string of the molecule is COc1ccc(O[C@@H](C)C(=O)Nc2ccc(CC#N)cc2)cc1. The number of amides is 1. The zero-order valence-corrected chi connectivity index (χ0v) is 13.1. The first-order valence-electron chi connectivity index (χ1n) is 7.20. The summed E-state index contributed by atoms with van der Waals surface area (Å²) >= 11 is 0. The van der Waals surface area contributed by atoms with E-state index in [4.69, 9.17) is 14.7 Å². The lowest BCUT2D eigenvalue weighted by Gasteiger charge is -2.15. The van der Waals surface area contributed by atoms with E-state index in [0.717, 1.165) is 11.3 Å². The van der Waals surface area contributed by atoms with Crippen LogP contribution in [0.3, 0.4) is 0 Å². The normalized spacial score (nSPS) is 11.2. The Morgan fingerprint density at radius 1 is 1.13 bits per heavy atom. The lowest BCUT2D eigenvalue weighted by Crippen LogP contribution is -2.30. The average Bonchev–Trinajstić information content (AvgIpc) is 2.57. The molecular weight excluding hydrogens is 292 g/mol. The minimum Gasteiger partial charge on any atom is -0.497 e. The molecular formula is C18H18N2O3. The monoisotopic (exact) mass is 310 g/mol. The van der Waals surface area contributed by atoms with E-state index in [1.807, 2.05) is 12.1 Å². The first-order valence-corrected chi connectivity index (χ1v) is 7.20. The van der Waals surface area contributed by atoms with Gasteiger partial charge in [-0.2, -0.15) is 5.26 Å². The number of methoxy groups -OCH3 is 1. The highest BCUT2D eigenvalue weighted by Crippen LogP contribution is 2.18. The second kappa shape index (κ2) is 7.85. The molecule has 0 spiro atoms. The van der Waals surface area contributed by atoms with Gasteiger partial charge in [0.25, 0.3) is 5.91 Å². The number of hydrogen-bond acceptors (Lipinski definition) is 4. The van der Waals surface area contributed by atoms with Crippen molar-refractivity contribution in [3.63, 3.8) is 0 Å². The van der Waals surface area contributed by atoms with Crippen LogP contribution < -0.4 is 14.8 Å². The Morgan fingerprint density at radius 2 is 1.74 bits per heavy atom. The maximum atomic E-state index is 12.1. The van der Waals surface area contributed by atoms with E-state index in [2.05, 4.69) is 11.4 Å². The van der Waals surface area contributed by atoms with Crippen molar-refractivity contribution in [2.75, 3.05) is 12.4 Å². The Labute approximate surface area is 135 Å². The number of benzene rings is 2. The maximum absolute atomic E-state index is 12.1. The fourth-order valence-corrected chi connectivity index (χ4v) is 1.95. The molecule has 0 bridgehead atoms. The highest BCUT2D eigenvalue weighted by molar-refractivity contribution is 5.94. The summed E-state index contributed by atoms with van der Waals surface area (Å²) in [4.78, 5) is 12.1. The van der Waals surface area contributed by atoms with Crippen molar-refractivity contribution in [2.45, 2.75) is 19.4 Å². The molecule has 0 heterocycles. The molecule has 0 fully saturated rings. The molecule has 1 N–H and O–H groups in total. The summed E-state index contributed by atoms with van der Waals surface area (Å²) in [5, 5.41) is 11.4. The molecule has 1 amide bonds. The van der Waals surface area contributed by atoms with Gasteiger partial charge in [-0.25, -0.2) is 0 Å².